The van der Waals surface area contributed by atoms with E-state index in [-0.39, 0.29) is 17.3 Å². The van der Waals surface area contributed by atoms with Gasteiger partial charge in [-0.3, -0.25) is 9.69 Å². The van der Waals surface area contributed by atoms with Gasteiger partial charge >= 0.3 is 0 Å². The highest BCUT2D eigenvalue weighted by atomic mass is 19.1. The van der Waals surface area contributed by atoms with Crippen LogP contribution in [0.2, 0.25) is 0 Å². The van der Waals surface area contributed by atoms with Crippen molar-refractivity contribution >= 4 is 11.0 Å². The van der Waals surface area contributed by atoms with Gasteiger partial charge in [0, 0.05) is 37.4 Å². The van der Waals surface area contributed by atoms with E-state index in [1.54, 1.807) is 24.3 Å². The quantitative estimate of drug-likeness (QED) is 0.657. The summed E-state index contributed by atoms with van der Waals surface area (Å²) in [5.41, 5.74) is 1.72. The third-order valence-corrected chi connectivity index (χ3v) is 4.98. The van der Waals surface area contributed by atoms with Gasteiger partial charge in [-0.15, -0.1) is 0 Å². The molecule has 4 nitrogen and oxygen atoms in total. The number of nitrogens with zero attached hydrogens (tertiary/aromatic N) is 1. The van der Waals surface area contributed by atoms with E-state index in [4.69, 9.17) is 9.15 Å². The van der Waals surface area contributed by atoms with Gasteiger partial charge in [0.1, 0.15) is 11.4 Å². The van der Waals surface area contributed by atoms with E-state index in [0.29, 0.717) is 41.7 Å². The molecule has 0 radical (unpaired) electrons. The van der Waals surface area contributed by atoms with Crippen molar-refractivity contribution in [3.05, 3.63) is 82.0 Å². The Hall–Kier alpha value is -2.50. The lowest BCUT2D eigenvalue weighted by Gasteiger charge is -2.25. The number of rotatable bonds is 6. The number of hydrogen-bond donors (Lipinski definition) is 0. The topological polar surface area (TPSA) is 42.7 Å². The molecule has 1 saturated heterocycles. The fourth-order valence-corrected chi connectivity index (χ4v) is 3.60. The Morgan fingerprint density at radius 2 is 1.81 bits per heavy atom. The predicted octanol–water partition coefficient (Wildman–Crippen LogP) is 4.11. The number of halogens is 1. The third-order valence-electron chi connectivity index (χ3n) is 4.98. The second-order valence-corrected chi connectivity index (χ2v) is 6.98. The highest BCUT2D eigenvalue weighted by Gasteiger charge is 2.21. The molecule has 5 heteroatoms. The average molecular weight is 367 g/mol. The summed E-state index contributed by atoms with van der Waals surface area (Å²) < 4.78 is 25.5. The van der Waals surface area contributed by atoms with Crippen LogP contribution in [0.1, 0.15) is 24.0 Å². The van der Waals surface area contributed by atoms with E-state index in [1.807, 2.05) is 18.2 Å². The van der Waals surface area contributed by atoms with E-state index >= 15 is 0 Å². The molecule has 0 unspecified atom stereocenters. The van der Waals surface area contributed by atoms with Crippen molar-refractivity contribution in [3.63, 3.8) is 0 Å². The van der Waals surface area contributed by atoms with Crippen LogP contribution in [0.3, 0.4) is 0 Å². The second-order valence-electron chi connectivity index (χ2n) is 6.98. The van der Waals surface area contributed by atoms with Gasteiger partial charge in [-0.05, 0) is 31.0 Å². The Bertz CT molecular complexity index is 978. The predicted molar refractivity (Wildman–Crippen MR) is 102 cm³/mol. The van der Waals surface area contributed by atoms with Gasteiger partial charge in [-0.25, -0.2) is 4.39 Å². The van der Waals surface area contributed by atoms with Gasteiger partial charge in [0.05, 0.1) is 17.8 Å². The first-order chi connectivity index (χ1) is 13.2. The minimum absolute atomic E-state index is 0.0391. The second kappa shape index (κ2) is 8.03. The summed E-state index contributed by atoms with van der Waals surface area (Å²) in [5, 5.41) is 0.568. The molecule has 0 saturated carbocycles. The number of hydrogen-bond acceptors (Lipinski definition) is 4. The Kier molecular flexibility index (Phi) is 5.32. The molecule has 1 aliphatic heterocycles. The molecule has 1 atom stereocenters. The molecule has 27 heavy (non-hydrogen) atoms. The average Bonchev–Trinajstić information content (AvgIpc) is 3.19. The molecule has 2 aromatic carbocycles. The molecule has 4 rings (SSSR count). The van der Waals surface area contributed by atoms with Crippen LogP contribution in [-0.2, 0) is 17.8 Å². The first-order valence-corrected chi connectivity index (χ1v) is 9.27. The lowest BCUT2D eigenvalue weighted by Crippen LogP contribution is -2.33. The summed E-state index contributed by atoms with van der Waals surface area (Å²) in [6.45, 7) is 2.22. The maximum atomic E-state index is 14.2. The van der Waals surface area contributed by atoms with E-state index in [2.05, 4.69) is 4.90 Å². The zero-order valence-corrected chi connectivity index (χ0v) is 15.1. The minimum atomic E-state index is -0.236. The summed E-state index contributed by atoms with van der Waals surface area (Å²) in [7, 11) is 0. The fraction of sp³-hybridized carbons (Fsp3) is 0.318. The molecule has 0 amide bonds. The van der Waals surface area contributed by atoms with E-state index in [9.17, 15) is 9.18 Å². The van der Waals surface area contributed by atoms with Crippen molar-refractivity contribution in [2.24, 2.45) is 0 Å². The van der Waals surface area contributed by atoms with Crippen LogP contribution in [0.5, 0.6) is 0 Å². The van der Waals surface area contributed by atoms with Gasteiger partial charge in [0.15, 0.2) is 5.43 Å². The van der Waals surface area contributed by atoms with Gasteiger partial charge in [0.2, 0.25) is 0 Å². The van der Waals surface area contributed by atoms with Gasteiger partial charge in [0.25, 0.3) is 0 Å². The van der Waals surface area contributed by atoms with E-state index < -0.39 is 0 Å². The fourth-order valence-electron chi connectivity index (χ4n) is 3.60. The Morgan fingerprint density at radius 1 is 1.04 bits per heavy atom. The van der Waals surface area contributed by atoms with Gasteiger partial charge in [-0.1, -0.05) is 30.3 Å². The van der Waals surface area contributed by atoms with Gasteiger partial charge < -0.3 is 9.15 Å². The molecular formula is C22H22FNO3. The van der Waals surface area contributed by atoms with Gasteiger partial charge in [-0.2, -0.15) is 0 Å². The van der Waals surface area contributed by atoms with Crippen molar-refractivity contribution in [2.75, 3.05) is 13.2 Å². The van der Waals surface area contributed by atoms with Crippen LogP contribution < -0.4 is 5.43 Å². The van der Waals surface area contributed by atoms with E-state index in [0.717, 1.165) is 19.4 Å². The smallest absolute Gasteiger partial charge is 0.197 e. The lowest BCUT2D eigenvalue weighted by atomic mass is 10.1. The molecule has 0 N–H and O–H groups in total. The molecule has 3 aromatic rings. The van der Waals surface area contributed by atoms with Crippen LogP contribution in [0.25, 0.3) is 11.0 Å². The number of fused-ring (bicyclic) bond motifs is 1. The van der Waals surface area contributed by atoms with Crippen LogP contribution in [0, 0.1) is 5.82 Å². The Morgan fingerprint density at radius 3 is 2.63 bits per heavy atom. The maximum Gasteiger partial charge on any atom is 0.197 e. The van der Waals surface area contributed by atoms with Crippen LogP contribution in [0.15, 0.2) is 64.0 Å². The number of para-hydroxylation sites is 1. The molecular weight excluding hydrogens is 345 g/mol. The molecule has 0 spiro atoms. The van der Waals surface area contributed by atoms with Crippen molar-refractivity contribution in [1.29, 1.82) is 0 Å². The minimum Gasteiger partial charge on any atom is -0.464 e. The monoisotopic (exact) mass is 367 g/mol. The highest BCUT2D eigenvalue weighted by molar-refractivity contribution is 5.76. The van der Waals surface area contributed by atoms with Crippen molar-refractivity contribution in [3.8, 4) is 0 Å². The first kappa shape index (κ1) is 17.9. The van der Waals surface area contributed by atoms with E-state index in [1.165, 1.54) is 12.3 Å². The summed E-state index contributed by atoms with van der Waals surface area (Å²) >= 11 is 0. The van der Waals surface area contributed by atoms with Crippen LogP contribution in [0.4, 0.5) is 4.39 Å². The first-order valence-electron chi connectivity index (χ1n) is 9.27. The van der Waals surface area contributed by atoms with Crippen LogP contribution in [-0.4, -0.2) is 24.2 Å². The summed E-state index contributed by atoms with van der Waals surface area (Å²) in [5.74, 6) is -0.236. The number of ether oxygens (including phenoxy) is 1. The normalized spacial score (nSPS) is 17.0. The lowest BCUT2D eigenvalue weighted by molar-refractivity contribution is 0.0672. The van der Waals surface area contributed by atoms with Crippen molar-refractivity contribution in [1.82, 2.24) is 4.90 Å². The highest BCUT2D eigenvalue weighted by Crippen LogP contribution is 2.19. The van der Waals surface area contributed by atoms with Crippen molar-refractivity contribution in [2.45, 2.75) is 32.0 Å². The van der Waals surface area contributed by atoms with Crippen molar-refractivity contribution < 1.29 is 13.5 Å². The molecule has 0 aliphatic carbocycles. The molecule has 1 aromatic heterocycles. The summed E-state index contributed by atoms with van der Waals surface area (Å²) in [4.78, 5) is 14.9. The zero-order chi connectivity index (χ0) is 18.6. The molecule has 140 valence electrons. The standard InChI is InChI=1S/C22H22FNO3/c23-20-9-3-1-6-16(20)12-24(14-18-7-5-11-26-18)13-17-15-27-21-10-4-2-8-19(21)22(17)25/h1-4,6,8-10,15,18H,5,7,11-14H2/t18-/m1/s1. The zero-order valence-electron chi connectivity index (χ0n) is 15.1. The molecule has 1 fully saturated rings. The molecule has 2 heterocycles. The van der Waals surface area contributed by atoms with Crippen LogP contribution >= 0.6 is 0 Å². The largest absolute Gasteiger partial charge is 0.464 e. The molecule has 1 aliphatic rings. The Labute approximate surface area is 157 Å². The Balaban J connectivity index is 1.61. The number of benzene rings is 2. The maximum absolute atomic E-state index is 14.2. The summed E-state index contributed by atoms with van der Waals surface area (Å²) in [6, 6.07) is 14.0. The SMILES string of the molecule is O=c1c(CN(Cc2ccccc2F)C[C@H]2CCCO2)coc2ccccc12. The third kappa shape index (κ3) is 4.10. The summed E-state index contributed by atoms with van der Waals surface area (Å²) in [6.07, 6.45) is 3.66. The molecule has 0 bridgehead atoms.